The Hall–Kier alpha value is -1.59. The first-order valence-electron chi connectivity index (χ1n) is 9.73. The molecule has 2 N–H and O–H groups in total. The number of likely N-dealkylation sites (tertiary alicyclic amines) is 1. The topological polar surface area (TPSA) is 55.8 Å². The quantitative estimate of drug-likeness (QED) is 0.857. The molecule has 5 heteroatoms. The largest absolute Gasteiger partial charge is 0.393 e. The Morgan fingerprint density at radius 2 is 1.76 bits per heavy atom. The zero-order valence-corrected chi connectivity index (χ0v) is 14.9. The molecule has 1 aliphatic carbocycles. The van der Waals surface area contributed by atoms with Gasteiger partial charge in [-0.15, -0.1) is 0 Å². The lowest BCUT2D eigenvalue weighted by Crippen LogP contribution is -2.37. The molecule has 3 aliphatic rings. The Morgan fingerprint density at radius 3 is 2.44 bits per heavy atom. The van der Waals surface area contributed by atoms with Crippen molar-refractivity contribution in [1.29, 1.82) is 0 Å². The molecule has 3 fully saturated rings. The fraction of sp³-hybridized carbons (Fsp3) is 0.650. The Labute approximate surface area is 150 Å². The maximum atomic E-state index is 12.5. The number of rotatable bonds is 5. The first-order chi connectivity index (χ1) is 12.2. The van der Waals surface area contributed by atoms with Gasteiger partial charge in [-0.2, -0.15) is 0 Å². The van der Waals surface area contributed by atoms with Gasteiger partial charge >= 0.3 is 0 Å². The zero-order valence-electron chi connectivity index (χ0n) is 14.9. The van der Waals surface area contributed by atoms with E-state index in [-0.39, 0.29) is 18.1 Å². The maximum Gasteiger partial charge on any atom is 0.251 e. The number of aliphatic hydroxyl groups is 1. The van der Waals surface area contributed by atoms with E-state index in [9.17, 15) is 9.90 Å². The van der Waals surface area contributed by atoms with Gasteiger partial charge in [0.1, 0.15) is 0 Å². The molecule has 0 spiro atoms. The van der Waals surface area contributed by atoms with E-state index in [2.05, 4.69) is 15.1 Å². The highest BCUT2D eigenvalue weighted by Crippen LogP contribution is 2.30. The number of benzene rings is 1. The molecule has 0 bridgehead atoms. The number of nitrogens with zero attached hydrogens (tertiary/aromatic N) is 2. The highest BCUT2D eigenvalue weighted by molar-refractivity contribution is 5.94. The Bertz CT molecular complexity index is 591. The molecule has 1 atom stereocenters. The predicted octanol–water partition coefficient (Wildman–Crippen LogP) is 1.86. The number of carbonyl (C=O) groups is 1. The van der Waals surface area contributed by atoms with Crippen LogP contribution in [0.5, 0.6) is 0 Å². The van der Waals surface area contributed by atoms with E-state index in [1.165, 1.54) is 19.4 Å². The fourth-order valence-electron chi connectivity index (χ4n) is 4.00. The van der Waals surface area contributed by atoms with Gasteiger partial charge in [-0.25, -0.2) is 0 Å². The van der Waals surface area contributed by atoms with Crippen LogP contribution in [0.15, 0.2) is 24.3 Å². The van der Waals surface area contributed by atoms with Crippen LogP contribution in [0.3, 0.4) is 0 Å². The predicted molar refractivity (Wildman–Crippen MR) is 98.9 cm³/mol. The molecule has 2 aliphatic heterocycles. The molecule has 5 nitrogen and oxygen atoms in total. The highest BCUT2D eigenvalue weighted by atomic mass is 16.3. The summed E-state index contributed by atoms with van der Waals surface area (Å²) in [6, 6.07) is 8.19. The van der Waals surface area contributed by atoms with Gasteiger partial charge in [-0.05, 0) is 62.3 Å². The summed E-state index contributed by atoms with van der Waals surface area (Å²) in [4.78, 5) is 17.3. The first-order valence-corrected chi connectivity index (χ1v) is 9.73. The smallest absolute Gasteiger partial charge is 0.251 e. The molecule has 4 rings (SSSR count). The van der Waals surface area contributed by atoms with Gasteiger partial charge in [-0.3, -0.25) is 4.79 Å². The summed E-state index contributed by atoms with van der Waals surface area (Å²) in [6.45, 7) is 5.08. The minimum absolute atomic E-state index is 0.0406. The van der Waals surface area contributed by atoms with E-state index in [0.717, 1.165) is 62.6 Å². The van der Waals surface area contributed by atoms with E-state index < -0.39 is 0 Å². The standard InChI is InChI=1S/C20H29N3O2/c24-19-8-11-23(12-9-19)18-5-3-16(4-6-18)20(25)21-17-7-10-22(14-17)13-15-1-2-15/h3-6,15,17,19,24H,1-2,7-14H2,(H,21,25). The lowest BCUT2D eigenvalue weighted by Gasteiger charge is -2.31. The summed E-state index contributed by atoms with van der Waals surface area (Å²) >= 11 is 0. The Morgan fingerprint density at radius 1 is 1.04 bits per heavy atom. The van der Waals surface area contributed by atoms with Crippen molar-refractivity contribution < 1.29 is 9.90 Å². The van der Waals surface area contributed by atoms with E-state index in [0.29, 0.717) is 0 Å². The molecule has 136 valence electrons. The van der Waals surface area contributed by atoms with Crippen LogP contribution in [-0.4, -0.2) is 60.8 Å². The third kappa shape index (κ3) is 4.33. The van der Waals surface area contributed by atoms with Crippen molar-refractivity contribution in [2.45, 2.75) is 44.2 Å². The third-order valence-corrected chi connectivity index (χ3v) is 5.78. The molecule has 1 unspecified atom stereocenters. The van der Waals surface area contributed by atoms with Crippen LogP contribution < -0.4 is 10.2 Å². The summed E-state index contributed by atoms with van der Waals surface area (Å²) in [6.07, 6.45) is 5.31. The molecule has 1 aromatic rings. The summed E-state index contributed by atoms with van der Waals surface area (Å²) in [5.41, 5.74) is 1.88. The van der Waals surface area contributed by atoms with Gasteiger partial charge in [0.05, 0.1) is 6.10 Å². The number of carbonyl (C=O) groups excluding carboxylic acids is 1. The number of amides is 1. The second kappa shape index (κ2) is 7.34. The molecule has 0 aromatic heterocycles. The van der Waals surface area contributed by atoms with Crippen molar-refractivity contribution in [3.8, 4) is 0 Å². The lowest BCUT2D eigenvalue weighted by molar-refractivity contribution is 0.0937. The van der Waals surface area contributed by atoms with Crippen molar-refractivity contribution in [3.63, 3.8) is 0 Å². The molecule has 1 saturated carbocycles. The molecule has 2 saturated heterocycles. The van der Waals surface area contributed by atoms with Crippen LogP contribution in [-0.2, 0) is 0 Å². The number of hydrogen-bond acceptors (Lipinski definition) is 4. The molecular weight excluding hydrogens is 314 g/mol. The molecule has 25 heavy (non-hydrogen) atoms. The number of piperidine rings is 1. The average molecular weight is 343 g/mol. The van der Waals surface area contributed by atoms with E-state index in [1.807, 2.05) is 24.3 Å². The fourth-order valence-corrected chi connectivity index (χ4v) is 4.00. The van der Waals surface area contributed by atoms with Gasteiger partial charge in [0.2, 0.25) is 0 Å². The SMILES string of the molecule is O=C(NC1CCN(CC2CC2)C1)c1ccc(N2CCC(O)CC2)cc1. The molecule has 1 aromatic carbocycles. The minimum atomic E-state index is -0.160. The van der Waals surface area contributed by atoms with Crippen LogP contribution in [0, 0.1) is 5.92 Å². The van der Waals surface area contributed by atoms with Crippen molar-refractivity contribution in [2.75, 3.05) is 37.6 Å². The average Bonchev–Trinajstić information content (AvgIpc) is 3.33. The maximum absolute atomic E-state index is 12.5. The molecule has 0 radical (unpaired) electrons. The monoisotopic (exact) mass is 343 g/mol. The number of aliphatic hydroxyl groups excluding tert-OH is 1. The van der Waals surface area contributed by atoms with Crippen LogP contribution in [0.1, 0.15) is 42.5 Å². The second-order valence-corrected chi connectivity index (χ2v) is 7.93. The van der Waals surface area contributed by atoms with Crippen molar-refractivity contribution in [3.05, 3.63) is 29.8 Å². The summed E-state index contributed by atoms with van der Waals surface area (Å²) < 4.78 is 0. The van der Waals surface area contributed by atoms with Crippen molar-refractivity contribution in [1.82, 2.24) is 10.2 Å². The highest BCUT2D eigenvalue weighted by Gasteiger charge is 2.29. The normalized spacial score (nSPS) is 25.3. The van der Waals surface area contributed by atoms with E-state index in [1.54, 1.807) is 0 Å². The van der Waals surface area contributed by atoms with Crippen LogP contribution >= 0.6 is 0 Å². The Balaban J connectivity index is 1.28. The first kappa shape index (κ1) is 16.9. The van der Waals surface area contributed by atoms with Crippen LogP contribution in [0.4, 0.5) is 5.69 Å². The van der Waals surface area contributed by atoms with Crippen LogP contribution in [0.25, 0.3) is 0 Å². The van der Waals surface area contributed by atoms with E-state index in [4.69, 9.17) is 0 Å². The van der Waals surface area contributed by atoms with E-state index >= 15 is 0 Å². The van der Waals surface area contributed by atoms with Gasteiger partial charge in [0.15, 0.2) is 0 Å². The van der Waals surface area contributed by atoms with Gasteiger partial charge < -0.3 is 20.2 Å². The lowest BCUT2D eigenvalue weighted by atomic mass is 10.1. The molecule has 1 amide bonds. The van der Waals surface area contributed by atoms with Crippen molar-refractivity contribution >= 4 is 11.6 Å². The van der Waals surface area contributed by atoms with Crippen LogP contribution in [0.2, 0.25) is 0 Å². The minimum Gasteiger partial charge on any atom is -0.393 e. The second-order valence-electron chi connectivity index (χ2n) is 7.93. The van der Waals surface area contributed by atoms with Gasteiger partial charge in [0, 0.05) is 50.0 Å². The summed E-state index contributed by atoms with van der Waals surface area (Å²) in [7, 11) is 0. The number of anilines is 1. The zero-order chi connectivity index (χ0) is 17.2. The summed E-state index contributed by atoms with van der Waals surface area (Å²) in [5, 5.41) is 12.8. The number of nitrogens with one attached hydrogen (secondary N) is 1. The van der Waals surface area contributed by atoms with Crippen molar-refractivity contribution in [2.24, 2.45) is 5.92 Å². The number of hydrogen-bond donors (Lipinski definition) is 2. The molecule has 2 heterocycles. The summed E-state index contributed by atoms with van der Waals surface area (Å²) in [5.74, 6) is 0.955. The van der Waals surface area contributed by atoms with Gasteiger partial charge in [-0.1, -0.05) is 0 Å². The third-order valence-electron chi connectivity index (χ3n) is 5.78. The molecular formula is C20H29N3O2. The van der Waals surface area contributed by atoms with Gasteiger partial charge in [0.25, 0.3) is 5.91 Å². The Kier molecular flexibility index (Phi) is 4.95.